The van der Waals surface area contributed by atoms with Gasteiger partial charge in [-0.15, -0.1) is 0 Å². The Morgan fingerprint density at radius 1 is 1.11 bits per heavy atom. The molecule has 0 spiro atoms. The van der Waals surface area contributed by atoms with Gasteiger partial charge in [-0.05, 0) is 6.42 Å². The van der Waals surface area contributed by atoms with Gasteiger partial charge in [-0.2, -0.15) is 0 Å². The van der Waals surface area contributed by atoms with Crippen LogP contribution in [0.5, 0.6) is 0 Å². The number of hydrogen-bond acceptors (Lipinski definition) is 3. The number of aromatic nitrogens is 4. The van der Waals surface area contributed by atoms with Crippen molar-refractivity contribution in [1.29, 1.82) is 0 Å². The Bertz CT molecular complexity index is 693. The van der Waals surface area contributed by atoms with Crippen LogP contribution in [0, 0.1) is 0 Å². The molecule has 0 bridgehead atoms. The lowest BCUT2D eigenvalue weighted by molar-refractivity contribution is 0.588. The molecule has 0 N–H and O–H groups in total. The second-order valence-corrected chi connectivity index (χ2v) is 4.88. The number of hydrogen-bond donors (Lipinski definition) is 0. The van der Waals surface area contributed by atoms with E-state index in [0.717, 1.165) is 24.0 Å². The van der Waals surface area contributed by atoms with Gasteiger partial charge in [0.2, 0.25) is 0 Å². The third-order valence-corrected chi connectivity index (χ3v) is 3.47. The predicted molar refractivity (Wildman–Crippen MR) is 74.4 cm³/mol. The van der Waals surface area contributed by atoms with Gasteiger partial charge < -0.3 is 4.57 Å². The summed E-state index contributed by atoms with van der Waals surface area (Å²) in [6.45, 7) is 2.93. The van der Waals surface area contributed by atoms with Gasteiger partial charge >= 0.3 is 5.69 Å². The molecular formula is C13H20N4O2. The van der Waals surface area contributed by atoms with Crippen LogP contribution in [-0.4, -0.2) is 18.7 Å². The van der Waals surface area contributed by atoms with Crippen molar-refractivity contribution in [3.8, 4) is 0 Å². The summed E-state index contributed by atoms with van der Waals surface area (Å²) in [4.78, 5) is 28.1. The second kappa shape index (κ2) is 5.42. The monoisotopic (exact) mass is 264 g/mol. The molecule has 2 aromatic rings. The second-order valence-electron chi connectivity index (χ2n) is 4.88. The van der Waals surface area contributed by atoms with Crippen LogP contribution in [0.4, 0.5) is 0 Å². The molecule has 104 valence electrons. The van der Waals surface area contributed by atoms with Gasteiger partial charge in [-0.25, -0.2) is 9.78 Å². The van der Waals surface area contributed by atoms with Crippen LogP contribution in [0.25, 0.3) is 11.2 Å². The molecule has 0 radical (unpaired) electrons. The summed E-state index contributed by atoms with van der Waals surface area (Å²) in [6.07, 6.45) is 6.19. The van der Waals surface area contributed by atoms with Gasteiger partial charge in [0.05, 0.1) is 6.33 Å². The molecule has 0 aromatic carbocycles. The van der Waals surface area contributed by atoms with E-state index in [2.05, 4.69) is 11.9 Å². The highest BCUT2D eigenvalue weighted by Gasteiger charge is 2.13. The van der Waals surface area contributed by atoms with Crippen molar-refractivity contribution in [1.82, 2.24) is 18.7 Å². The quantitative estimate of drug-likeness (QED) is 0.757. The van der Waals surface area contributed by atoms with Crippen molar-refractivity contribution >= 4 is 11.2 Å². The summed E-state index contributed by atoms with van der Waals surface area (Å²) in [7, 11) is 3.14. The van der Waals surface area contributed by atoms with Crippen molar-refractivity contribution < 1.29 is 0 Å². The summed E-state index contributed by atoms with van der Waals surface area (Å²) >= 11 is 0. The van der Waals surface area contributed by atoms with Gasteiger partial charge in [0, 0.05) is 20.6 Å². The number of unbranched alkanes of at least 4 members (excludes halogenated alkanes) is 3. The summed E-state index contributed by atoms with van der Waals surface area (Å²) in [5.41, 5.74) is 0.365. The summed E-state index contributed by atoms with van der Waals surface area (Å²) in [5, 5.41) is 0. The van der Waals surface area contributed by atoms with E-state index in [1.54, 1.807) is 13.4 Å². The Balaban J connectivity index is 2.43. The van der Waals surface area contributed by atoms with Gasteiger partial charge in [0.1, 0.15) is 0 Å². The van der Waals surface area contributed by atoms with E-state index >= 15 is 0 Å². The number of nitrogens with zero attached hydrogens (tertiary/aromatic N) is 4. The molecular weight excluding hydrogens is 244 g/mol. The average Bonchev–Trinajstić information content (AvgIpc) is 2.83. The predicted octanol–water partition coefficient (Wildman–Crippen LogP) is 1.01. The maximum absolute atomic E-state index is 12.2. The molecule has 0 saturated carbocycles. The van der Waals surface area contributed by atoms with E-state index in [0.29, 0.717) is 11.2 Å². The van der Waals surface area contributed by atoms with Gasteiger partial charge in [-0.1, -0.05) is 26.2 Å². The minimum atomic E-state index is -0.339. The molecule has 0 amide bonds. The summed E-state index contributed by atoms with van der Waals surface area (Å²) in [6, 6.07) is 0. The molecule has 6 nitrogen and oxygen atoms in total. The normalized spacial score (nSPS) is 11.3. The van der Waals surface area contributed by atoms with Crippen LogP contribution in [-0.2, 0) is 20.6 Å². The zero-order valence-corrected chi connectivity index (χ0v) is 11.7. The maximum Gasteiger partial charge on any atom is 0.332 e. The fourth-order valence-corrected chi connectivity index (χ4v) is 2.28. The molecule has 0 aliphatic heterocycles. The number of imidazole rings is 1. The van der Waals surface area contributed by atoms with E-state index < -0.39 is 0 Å². The maximum atomic E-state index is 12.2. The summed E-state index contributed by atoms with van der Waals surface area (Å²) < 4.78 is 4.40. The van der Waals surface area contributed by atoms with Crippen LogP contribution in [0.2, 0.25) is 0 Å². The van der Waals surface area contributed by atoms with E-state index in [-0.39, 0.29) is 11.2 Å². The molecule has 0 fully saturated rings. The van der Waals surface area contributed by atoms with Crippen LogP contribution in [0.3, 0.4) is 0 Å². The Morgan fingerprint density at radius 2 is 1.84 bits per heavy atom. The van der Waals surface area contributed by atoms with E-state index in [1.165, 1.54) is 24.5 Å². The first-order valence-corrected chi connectivity index (χ1v) is 6.68. The Labute approximate surface area is 111 Å². The Kier molecular flexibility index (Phi) is 3.87. The molecule has 19 heavy (non-hydrogen) atoms. The Hall–Kier alpha value is -1.85. The molecule has 0 aliphatic rings. The molecule has 0 unspecified atom stereocenters. The minimum Gasteiger partial charge on any atom is -0.325 e. The van der Waals surface area contributed by atoms with Crippen LogP contribution >= 0.6 is 0 Å². The molecule has 0 atom stereocenters. The van der Waals surface area contributed by atoms with Crippen LogP contribution in [0.15, 0.2) is 15.9 Å². The van der Waals surface area contributed by atoms with Crippen LogP contribution < -0.4 is 11.2 Å². The SMILES string of the molecule is CCCCCCn1cnc2c1c(=O)n(C)c(=O)n2C. The third-order valence-electron chi connectivity index (χ3n) is 3.47. The van der Waals surface area contributed by atoms with Crippen molar-refractivity contribution in [2.24, 2.45) is 14.1 Å². The van der Waals surface area contributed by atoms with Crippen molar-refractivity contribution in [3.63, 3.8) is 0 Å². The fraction of sp³-hybridized carbons (Fsp3) is 0.615. The van der Waals surface area contributed by atoms with Gasteiger partial charge in [0.15, 0.2) is 11.2 Å². The van der Waals surface area contributed by atoms with Crippen molar-refractivity contribution in [2.45, 2.75) is 39.2 Å². The first-order chi connectivity index (χ1) is 9.07. The lowest BCUT2D eigenvalue weighted by Crippen LogP contribution is -2.37. The van der Waals surface area contributed by atoms with Gasteiger partial charge in [0.25, 0.3) is 5.56 Å². The lowest BCUT2D eigenvalue weighted by atomic mass is 10.2. The molecule has 2 heterocycles. The highest BCUT2D eigenvalue weighted by Crippen LogP contribution is 2.08. The standard InChI is InChI=1S/C13H20N4O2/c1-4-5-6-7-8-17-9-14-11-10(17)12(18)16(3)13(19)15(11)2/h9H,4-8H2,1-3H3. The zero-order valence-electron chi connectivity index (χ0n) is 11.7. The first-order valence-electron chi connectivity index (χ1n) is 6.68. The van der Waals surface area contributed by atoms with Gasteiger partial charge in [-0.3, -0.25) is 13.9 Å². The van der Waals surface area contributed by atoms with E-state index in [1.807, 2.05) is 4.57 Å². The Morgan fingerprint density at radius 3 is 2.53 bits per heavy atom. The first kappa shape index (κ1) is 13.6. The van der Waals surface area contributed by atoms with E-state index in [9.17, 15) is 9.59 Å². The highest BCUT2D eigenvalue weighted by molar-refractivity contribution is 5.69. The third kappa shape index (κ3) is 2.34. The molecule has 2 rings (SSSR count). The number of rotatable bonds is 5. The molecule has 2 aromatic heterocycles. The smallest absolute Gasteiger partial charge is 0.325 e. The van der Waals surface area contributed by atoms with Crippen molar-refractivity contribution in [3.05, 3.63) is 27.2 Å². The summed E-state index contributed by atoms with van der Waals surface area (Å²) in [5.74, 6) is 0. The van der Waals surface area contributed by atoms with Crippen molar-refractivity contribution in [2.75, 3.05) is 0 Å². The number of aryl methyl sites for hydroxylation is 2. The molecule has 0 saturated heterocycles. The zero-order chi connectivity index (χ0) is 14.0. The molecule has 0 aliphatic carbocycles. The molecule has 6 heteroatoms. The highest BCUT2D eigenvalue weighted by atomic mass is 16.2. The van der Waals surface area contributed by atoms with Crippen LogP contribution in [0.1, 0.15) is 32.6 Å². The largest absolute Gasteiger partial charge is 0.332 e. The lowest BCUT2D eigenvalue weighted by Gasteiger charge is -2.06. The average molecular weight is 264 g/mol. The fourth-order valence-electron chi connectivity index (χ4n) is 2.28. The number of fused-ring (bicyclic) bond motifs is 1. The minimum absolute atomic E-state index is 0.272. The van der Waals surface area contributed by atoms with E-state index in [4.69, 9.17) is 0 Å². The topological polar surface area (TPSA) is 61.8 Å².